The number of halogens is 2. The molecule has 2 heterocycles. The quantitative estimate of drug-likeness (QED) is 0.390. The minimum absolute atomic E-state index is 0.239. The van der Waals surface area contributed by atoms with Gasteiger partial charge in [0, 0.05) is 18.0 Å². The van der Waals surface area contributed by atoms with Gasteiger partial charge in [0.1, 0.15) is 17.4 Å². The first-order valence-corrected chi connectivity index (χ1v) is 11.1. The van der Waals surface area contributed by atoms with E-state index < -0.39 is 23.7 Å². The SMILES string of the molecule is CCOc1ccccc1NC(=O)N1Cc2ccccc2-n2cccc2[C@H]1c1cc(F)cc(F)c1. The Hall–Kier alpha value is -4.13. The molecule has 34 heavy (non-hydrogen) atoms. The Morgan fingerprint density at radius 2 is 1.74 bits per heavy atom. The van der Waals surface area contributed by atoms with Crippen molar-refractivity contribution in [3.63, 3.8) is 0 Å². The number of urea groups is 1. The molecule has 2 amide bonds. The van der Waals surface area contributed by atoms with Crippen LogP contribution >= 0.6 is 0 Å². The van der Waals surface area contributed by atoms with Gasteiger partial charge in [-0.25, -0.2) is 13.6 Å². The third kappa shape index (κ3) is 4.01. The molecule has 1 aromatic heterocycles. The Balaban J connectivity index is 1.64. The topological polar surface area (TPSA) is 46.5 Å². The number of amides is 2. The molecule has 1 N–H and O–H groups in total. The number of anilines is 1. The maximum atomic E-state index is 14.3. The molecule has 0 fully saturated rings. The van der Waals surface area contributed by atoms with E-state index in [-0.39, 0.29) is 6.54 Å². The summed E-state index contributed by atoms with van der Waals surface area (Å²) in [6.07, 6.45) is 1.89. The fourth-order valence-electron chi connectivity index (χ4n) is 4.46. The van der Waals surface area contributed by atoms with Crippen LogP contribution in [-0.2, 0) is 6.54 Å². The van der Waals surface area contributed by atoms with E-state index in [9.17, 15) is 13.6 Å². The van der Waals surface area contributed by atoms with E-state index in [0.717, 1.165) is 23.0 Å². The van der Waals surface area contributed by atoms with Crippen LogP contribution in [0.1, 0.15) is 29.8 Å². The summed E-state index contributed by atoms with van der Waals surface area (Å²) in [5.41, 5.74) is 3.41. The number of nitrogens with one attached hydrogen (secondary N) is 1. The van der Waals surface area contributed by atoms with E-state index in [1.165, 1.54) is 12.1 Å². The van der Waals surface area contributed by atoms with Gasteiger partial charge in [0.05, 0.1) is 30.6 Å². The van der Waals surface area contributed by atoms with E-state index in [1.54, 1.807) is 23.1 Å². The molecule has 7 heteroatoms. The Bertz CT molecular complexity index is 1330. The number of hydrogen-bond donors (Lipinski definition) is 1. The number of rotatable bonds is 4. The van der Waals surface area contributed by atoms with Crippen molar-refractivity contribution in [3.8, 4) is 11.4 Å². The van der Waals surface area contributed by atoms with Gasteiger partial charge in [0.15, 0.2) is 0 Å². The molecule has 5 nitrogen and oxygen atoms in total. The molecule has 4 aromatic rings. The van der Waals surface area contributed by atoms with Crippen molar-refractivity contribution >= 4 is 11.7 Å². The van der Waals surface area contributed by atoms with Crippen LogP contribution in [0.15, 0.2) is 85.1 Å². The van der Waals surface area contributed by atoms with Gasteiger partial charge in [-0.05, 0) is 60.5 Å². The summed E-state index contributed by atoms with van der Waals surface area (Å²) in [5.74, 6) is -0.848. The number of fused-ring (bicyclic) bond motifs is 3. The summed E-state index contributed by atoms with van der Waals surface area (Å²) in [6.45, 7) is 2.55. The second-order valence-electron chi connectivity index (χ2n) is 8.02. The van der Waals surface area contributed by atoms with Crippen LogP contribution in [0.3, 0.4) is 0 Å². The Kier molecular flexibility index (Phi) is 5.76. The largest absolute Gasteiger partial charge is 0.492 e. The summed E-state index contributed by atoms with van der Waals surface area (Å²) in [5, 5.41) is 2.94. The molecule has 0 aliphatic carbocycles. The maximum Gasteiger partial charge on any atom is 0.323 e. The van der Waals surface area contributed by atoms with Crippen LogP contribution in [0.25, 0.3) is 5.69 Å². The highest BCUT2D eigenvalue weighted by Gasteiger charge is 2.33. The van der Waals surface area contributed by atoms with E-state index in [4.69, 9.17) is 4.74 Å². The fourth-order valence-corrected chi connectivity index (χ4v) is 4.46. The molecule has 0 unspecified atom stereocenters. The standard InChI is InChI=1S/C27H23F2N3O2/c1-2-34-25-12-6-4-9-22(25)30-27(33)32-17-18-8-3-5-10-23(18)31-13-7-11-24(31)26(32)19-14-20(28)16-21(29)15-19/h3-16,26H,2,17H2,1H3,(H,30,33)/t26-/m1/s1. The second-order valence-corrected chi connectivity index (χ2v) is 8.02. The zero-order valence-corrected chi connectivity index (χ0v) is 18.5. The molecule has 0 spiro atoms. The van der Waals surface area contributed by atoms with Gasteiger partial charge in [0.25, 0.3) is 0 Å². The Morgan fingerprint density at radius 3 is 2.53 bits per heavy atom. The van der Waals surface area contributed by atoms with Gasteiger partial charge in [-0.2, -0.15) is 0 Å². The van der Waals surface area contributed by atoms with E-state index >= 15 is 0 Å². The lowest BCUT2D eigenvalue weighted by Crippen LogP contribution is -2.38. The second kappa shape index (κ2) is 9.02. The van der Waals surface area contributed by atoms with E-state index in [1.807, 2.05) is 60.2 Å². The van der Waals surface area contributed by atoms with Gasteiger partial charge in [-0.1, -0.05) is 30.3 Å². The normalized spacial score (nSPS) is 14.7. The number of benzene rings is 3. The number of hydrogen-bond acceptors (Lipinski definition) is 2. The number of ether oxygens (including phenoxy) is 1. The van der Waals surface area contributed by atoms with Crippen molar-refractivity contribution in [2.45, 2.75) is 19.5 Å². The zero-order chi connectivity index (χ0) is 23.7. The Labute approximate surface area is 196 Å². The van der Waals surface area contributed by atoms with Crippen molar-refractivity contribution in [2.75, 3.05) is 11.9 Å². The molecule has 1 aliphatic rings. The first-order valence-electron chi connectivity index (χ1n) is 11.1. The highest BCUT2D eigenvalue weighted by molar-refractivity contribution is 5.91. The molecule has 172 valence electrons. The lowest BCUT2D eigenvalue weighted by molar-refractivity contribution is 0.194. The highest BCUT2D eigenvalue weighted by atomic mass is 19.1. The molecule has 5 rings (SSSR count). The molecule has 0 saturated carbocycles. The number of carbonyl (C=O) groups excluding carboxylic acids is 1. The lowest BCUT2D eigenvalue weighted by Gasteiger charge is -2.31. The molecular formula is C27H23F2N3O2. The zero-order valence-electron chi connectivity index (χ0n) is 18.5. The summed E-state index contributed by atoms with van der Waals surface area (Å²) in [6, 6.07) is 20.9. The first-order chi connectivity index (χ1) is 16.5. The van der Waals surface area contributed by atoms with Crippen LogP contribution in [0.2, 0.25) is 0 Å². The molecule has 1 aliphatic heterocycles. The van der Waals surface area contributed by atoms with Crippen molar-refractivity contribution < 1.29 is 18.3 Å². The molecular weight excluding hydrogens is 436 g/mol. The van der Waals surface area contributed by atoms with Crippen molar-refractivity contribution in [1.82, 2.24) is 9.47 Å². The molecule has 0 saturated heterocycles. The van der Waals surface area contributed by atoms with Crippen LogP contribution in [-0.4, -0.2) is 22.1 Å². The summed E-state index contributed by atoms with van der Waals surface area (Å²) in [7, 11) is 0. The summed E-state index contributed by atoms with van der Waals surface area (Å²) >= 11 is 0. The van der Waals surface area contributed by atoms with Crippen LogP contribution in [0.4, 0.5) is 19.3 Å². The van der Waals surface area contributed by atoms with Gasteiger partial charge >= 0.3 is 6.03 Å². The lowest BCUT2D eigenvalue weighted by atomic mass is 10.0. The molecule has 0 bridgehead atoms. The third-order valence-corrected chi connectivity index (χ3v) is 5.85. The fraction of sp³-hybridized carbons (Fsp3) is 0.148. The predicted molar refractivity (Wildman–Crippen MR) is 126 cm³/mol. The maximum absolute atomic E-state index is 14.3. The Morgan fingerprint density at radius 1 is 1.00 bits per heavy atom. The average molecular weight is 459 g/mol. The number of carbonyl (C=O) groups is 1. The van der Waals surface area contributed by atoms with Gasteiger partial charge in [-0.15, -0.1) is 0 Å². The molecule has 3 aromatic carbocycles. The van der Waals surface area contributed by atoms with Crippen LogP contribution < -0.4 is 10.1 Å². The van der Waals surface area contributed by atoms with Crippen molar-refractivity contribution in [3.05, 3.63) is 114 Å². The summed E-state index contributed by atoms with van der Waals surface area (Å²) in [4.78, 5) is 15.3. The average Bonchev–Trinajstić information content (AvgIpc) is 3.24. The molecule has 0 radical (unpaired) electrons. The van der Waals surface area contributed by atoms with Crippen LogP contribution in [0, 0.1) is 11.6 Å². The van der Waals surface area contributed by atoms with E-state index in [2.05, 4.69) is 5.32 Å². The third-order valence-electron chi connectivity index (χ3n) is 5.85. The van der Waals surface area contributed by atoms with Crippen molar-refractivity contribution in [2.24, 2.45) is 0 Å². The first kappa shape index (κ1) is 21.7. The van der Waals surface area contributed by atoms with Gasteiger partial charge in [0.2, 0.25) is 0 Å². The summed E-state index contributed by atoms with van der Waals surface area (Å²) < 4.78 is 36.2. The minimum atomic E-state index is -0.730. The monoisotopic (exact) mass is 459 g/mol. The number of aromatic nitrogens is 1. The van der Waals surface area contributed by atoms with Crippen molar-refractivity contribution in [1.29, 1.82) is 0 Å². The highest BCUT2D eigenvalue weighted by Crippen LogP contribution is 2.38. The van der Waals surface area contributed by atoms with E-state index in [0.29, 0.717) is 23.6 Å². The van der Waals surface area contributed by atoms with Gasteiger partial charge < -0.3 is 19.5 Å². The molecule has 1 atom stereocenters. The number of para-hydroxylation sites is 3. The van der Waals surface area contributed by atoms with Gasteiger partial charge in [-0.3, -0.25) is 0 Å². The smallest absolute Gasteiger partial charge is 0.323 e. The predicted octanol–water partition coefficient (Wildman–Crippen LogP) is 6.29. The minimum Gasteiger partial charge on any atom is -0.492 e. The number of nitrogens with zero attached hydrogens (tertiary/aromatic N) is 2. The van der Waals surface area contributed by atoms with Crippen LogP contribution in [0.5, 0.6) is 5.75 Å².